The SMILES string of the molecule is C[C@H](N)C(=O)Nc1ccc(Cl)cc1C(F)(F)F. The Morgan fingerprint density at radius 3 is 2.53 bits per heavy atom. The minimum Gasteiger partial charge on any atom is -0.324 e. The second kappa shape index (κ2) is 4.93. The first-order valence-electron chi connectivity index (χ1n) is 4.65. The monoisotopic (exact) mass is 266 g/mol. The van der Waals surface area contributed by atoms with Crippen LogP contribution in [-0.2, 0) is 11.0 Å². The lowest BCUT2D eigenvalue weighted by molar-refractivity contribution is -0.137. The minimum absolute atomic E-state index is 0.0591. The van der Waals surface area contributed by atoms with E-state index >= 15 is 0 Å². The highest BCUT2D eigenvalue weighted by molar-refractivity contribution is 6.30. The second-order valence-corrected chi connectivity index (χ2v) is 3.90. The van der Waals surface area contributed by atoms with E-state index in [-0.39, 0.29) is 10.7 Å². The fourth-order valence-corrected chi connectivity index (χ4v) is 1.28. The molecule has 0 spiro atoms. The lowest BCUT2D eigenvalue weighted by Crippen LogP contribution is -2.33. The molecule has 17 heavy (non-hydrogen) atoms. The van der Waals surface area contributed by atoms with E-state index in [2.05, 4.69) is 5.32 Å². The van der Waals surface area contributed by atoms with Crippen molar-refractivity contribution in [3.8, 4) is 0 Å². The molecule has 7 heteroatoms. The summed E-state index contributed by atoms with van der Waals surface area (Å²) in [6.07, 6.45) is -4.59. The molecular formula is C10H10ClF3N2O. The van der Waals surface area contributed by atoms with Crippen LogP contribution in [-0.4, -0.2) is 11.9 Å². The van der Waals surface area contributed by atoms with Gasteiger partial charge in [0.2, 0.25) is 5.91 Å². The minimum atomic E-state index is -4.59. The highest BCUT2D eigenvalue weighted by Gasteiger charge is 2.34. The largest absolute Gasteiger partial charge is 0.418 e. The normalized spacial score (nSPS) is 13.3. The molecule has 94 valence electrons. The van der Waals surface area contributed by atoms with Crippen molar-refractivity contribution in [3.05, 3.63) is 28.8 Å². The number of carbonyl (C=O) groups is 1. The maximum Gasteiger partial charge on any atom is 0.418 e. The summed E-state index contributed by atoms with van der Waals surface area (Å²) in [4.78, 5) is 11.2. The zero-order chi connectivity index (χ0) is 13.2. The highest BCUT2D eigenvalue weighted by Crippen LogP contribution is 2.36. The van der Waals surface area contributed by atoms with Crippen LogP contribution in [0, 0.1) is 0 Å². The Bertz CT molecular complexity index is 432. The van der Waals surface area contributed by atoms with Gasteiger partial charge in [-0.3, -0.25) is 4.79 Å². The summed E-state index contributed by atoms with van der Waals surface area (Å²) in [6.45, 7) is 1.37. The zero-order valence-electron chi connectivity index (χ0n) is 8.81. The Labute approximate surface area is 101 Å². The predicted molar refractivity (Wildman–Crippen MR) is 58.7 cm³/mol. The first-order chi connectivity index (χ1) is 7.71. The molecule has 1 aromatic rings. The summed E-state index contributed by atoms with van der Waals surface area (Å²) in [5, 5.41) is 2.04. The van der Waals surface area contributed by atoms with Crippen LogP contribution >= 0.6 is 11.6 Å². The van der Waals surface area contributed by atoms with E-state index in [1.807, 2.05) is 0 Å². The predicted octanol–water partition coefficient (Wildman–Crippen LogP) is 2.64. The smallest absolute Gasteiger partial charge is 0.324 e. The van der Waals surface area contributed by atoms with Crippen molar-refractivity contribution < 1.29 is 18.0 Å². The van der Waals surface area contributed by atoms with Crippen molar-refractivity contribution in [3.63, 3.8) is 0 Å². The molecule has 0 aliphatic carbocycles. The average molecular weight is 267 g/mol. The number of hydrogen-bond donors (Lipinski definition) is 2. The number of benzene rings is 1. The molecule has 3 nitrogen and oxygen atoms in total. The molecule has 0 heterocycles. The fourth-order valence-electron chi connectivity index (χ4n) is 1.11. The van der Waals surface area contributed by atoms with Gasteiger partial charge in [-0.1, -0.05) is 11.6 Å². The summed E-state index contributed by atoms with van der Waals surface area (Å²) < 4.78 is 37.9. The van der Waals surface area contributed by atoms with Crippen molar-refractivity contribution in [2.75, 3.05) is 5.32 Å². The molecule has 3 N–H and O–H groups in total. The van der Waals surface area contributed by atoms with Crippen LogP contribution in [0.15, 0.2) is 18.2 Å². The summed E-state index contributed by atoms with van der Waals surface area (Å²) >= 11 is 5.48. The number of halogens is 4. The number of nitrogens with one attached hydrogen (secondary N) is 1. The van der Waals surface area contributed by atoms with Gasteiger partial charge in [0, 0.05) is 5.02 Å². The molecule has 0 saturated carbocycles. The third-order valence-corrected chi connectivity index (χ3v) is 2.19. The van der Waals surface area contributed by atoms with Crippen molar-refractivity contribution >= 4 is 23.2 Å². The lowest BCUT2D eigenvalue weighted by atomic mass is 10.1. The first-order valence-corrected chi connectivity index (χ1v) is 5.03. The summed E-state index contributed by atoms with van der Waals surface area (Å²) in [7, 11) is 0. The van der Waals surface area contributed by atoms with Crippen LogP contribution in [0.3, 0.4) is 0 Å². The van der Waals surface area contributed by atoms with E-state index in [1.54, 1.807) is 0 Å². The Balaban J connectivity index is 3.12. The first kappa shape index (κ1) is 13.8. The quantitative estimate of drug-likeness (QED) is 0.865. The van der Waals surface area contributed by atoms with E-state index in [4.69, 9.17) is 17.3 Å². The third kappa shape index (κ3) is 3.61. The van der Waals surface area contributed by atoms with Gasteiger partial charge in [-0.05, 0) is 25.1 Å². The van der Waals surface area contributed by atoms with Crippen LogP contribution in [0.25, 0.3) is 0 Å². The Kier molecular flexibility index (Phi) is 4.00. The number of carbonyl (C=O) groups excluding carboxylic acids is 1. The molecule has 0 radical (unpaired) electrons. The van der Waals surface area contributed by atoms with Gasteiger partial charge < -0.3 is 11.1 Å². The van der Waals surface area contributed by atoms with Crippen LogP contribution in [0.5, 0.6) is 0 Å². The average Bonchev–Trinajstić information content (AvgIpc) is 2.18. The summed E-state index contributed by atoms with van der Waals surface area (Å²) in [5.74, 6) is -0.696. The van der Waals surface area contributed by atoms with E-state index in [0.717, 1.165) is 12.1 Å². The maximum absolute atomic E-state index is 12.6. The number of hydrogen-bond acceptors (Lipinski definition) is 2. The Morgan fingerprint density at radius 2 is 2.06 bits per heavy atom. The van der Waals surface area contributed by atoms with Gasteiger partial charge >= 0.3 is 6.18 Å². The van der Waals surface area contributed by atoms with Gasteiger partial charge in [0.25, 0.3) is 0 Å². The van der Waals surface area contributed by atoms with Gasteiger partial charge in [-0.15, -0.1) is 0 Å². The van der Waals surface area contributed by atoms with Crippen molar-refractivity contribution in [2.24, 2.45) is 5.73 Å². The van der Waals surface area contributed by atoms with E-state index < -0.39 is 23.7 Å². The molecule has 0 aromatic heterocycles. The van der Waals surface area contributed by atoms with Crippen LogP contribution in [0.2, 0.25) is 5.02 Å². The topological polar surface area (TPSA) is 55.1 Å². The standard InChI is InChI=1S/C10H10ClF3N2O/c1-5(15)9(17)16-8-3-2-6(11)4-7(8)10(12,13)14/h2-5H,15H2,1H3,(H,16,17)/t5-/m0/s1. The number of nitrogens with two attached hydrogens (primary N) is 1. The molecule has 0 bridgehead atoms. The molecule has 0 aliphatic rings. The molecule has 0 aliphatic heterocycles. The molecule has 0 unspecified atom stereocenters. The molecule has 1 amide bonds. The van der Waals surface area contributed by atoms with E-state index in [9.17, 15) is 18.0 Å². The van der Waals surface area contributed by atoms with Crippen molar-refractivity contribution in [1.82, 2.24) is 0 Å². The molecule has 1 atom stereocenters. The molecule has 0 saturated heterocycles. The Morgan fingerprint density at radius 1 is 1.47 bits per heavy atom. The third-order valence-electron chi connectivity index (χ3n) is 1.96. The lowest BCUT2D eigenvalue weighted by Gasteiger charge is -2.15. The van der Waals surface area contributed by atoms with Gasteiger partial charge in [0.15, 0.2) is 0 Å². The van der Waals surface area contributed by atoms with Crippen molar-refractivity contribution in [1.29, 1.82) is 0 Å². The fraction of sp³-hybridized carbons (Fsp3) is 0.300. The van der Waals surface area contributed by atoms with Gasteiger partial charge in [-0.2, -0.15) is 13.2 Å². The zero-order valence-corrected chi connectivity index (χ0v) is 9.56. The highest BCUT2D eigenvalue weighted by atomic mass is 35.5. The number of alkyl halides is 3. The van der Waals surface area contributed by atoms with Gasteiger partial charge in [0.1, 0.15) is 0 Å². The van der Waals surface area contributed by atoms with E-state index in [0.29, 0.717) is 0 Å². The molecule has 1 rings (SSSR count). The van der Waals surface area contributed by atoms with Crippen LogP contribution in [0.4, 0.5) is 18.9 Å². The van der Waals surface area contributed by atoms with Crippen molar-refractivity contribution in [2.45, 2.75) is 19.1 Å². The van der Waals surface area contributed by atoms with E-state index in [1.165, 1.54) is 13.0 Å². The van der Waals surface area contributed by atoms with Crippen LogP contribution < -0.4 is 11.1 Å². The van der Waals surface area contributed by atoms with Crippen LogP contribution in [0.1, 0.15) is 12.5 Å². The maximum atomic E-state index is 12.6. The summed E-state index contributed by atoms with van der Waals surface area (Å²) in [6, 6.07) is 2.20. The number of anilines is 1. The summed E-state index contributed by atoms with van der Waals surface area (Å²) in [5.41, 5.74) is 3.90. The Hall–Kier alpha value is -1.27. The second-order valence-electron chi connectivity index (χ2n) is 3.47. The molecular weight excluding hydrogens is 257 g/mol. The number of amides is 1. The number of rotatable bonds is 2. The molecule has 1 aromatic carbocycles. The van der Waals surface area contributed by atoms with Gasteiger partial charge in [0.05, 0.1) is 17.3 Å². The van der Waals surface area contributed by atoms with Gasteiger partial charge in [-0.25, -0.2) is 0 Å². The molecule has 0 fully saturated rings.